The van der Waals surface area contributed by atoms with Gasteiger partial charge >= 0.3 is 0 Å². The van der Waals surface area contributed by atoms with Crippen LogP contribution in [0.15, 0.2) is 57.7 Å². The molecule has 0 atom stereocenters. The molecule has 110 valence electrons. The number of hydrogen-bond donors (Lipinski definition) is 2. The summed E-state index contributed by atoms with van der Waals surface area (Å²) in [5, 5.41) is 9.14. The van der Waals surface area contributed by atoms with Crippen LogP contribution in [0.25, 0.3) is 22.3 Å². The van der Waals surface area contributed by atoms with E-state index in [2.05, 4.69) is 0 Å². The number of hydrogen-bond acceptors (Lipinski definition) is 4. The molecule has 0 radical (unpaired) electrons. The van der Waals surface area contributed by atoms with E-state index in [-0.39, 0.29) is 16.6 Å². The van der Waals surface area contributed by atoms with Gasteiger partial charge in [0.15, 0.2) is 11.0 Å². The summed E-state index contributed by atoms with van der Waals surface area (Å²) in [4.78, 5) is 24.3. The average molecular weight is 295 g/mol. The smallest absolute Gasteiger partial charge is 0.278 e. The van der Waals surface area contributed by atoms with Gasteiger partial charge in [0.1, 0.15) is 5.76 Å². The van der Waals surface area contributed by atoms with Crippen LogP contribution < -0.4 is 10.9 Å². The van der Waals surface area contributed by atoms with Crippen molar-refractivity contribution in [1.29, 1.82) is 0 Å². The van der Waals surface area contributed by atoms with Crippen LogP contribution in [0.2, 0.25) is 0 Å². The van der Waals surface area contributed by atoms with Gasteiger partial charge < -0.3 is 4.42 Å². The molecule has 0 fully saturated rings. The van der Waals surface area contributed by atoms with E-state index < -0.39 is 5.91 Å². The number of carbonyl (C=O) groups is 1. The van der Waals surface area contributed by atoms with Crippen LogP contribution in [0.3, 0.4) is 0 Å². The summed E-state index contributed by atoms with van der Waals surface area (Å²) in [6, 6.07) is 13.8. The van der Waals surface area contributed by atoms with E-state index >= 15 is 0 Å². The first-order chi connectivity index (χ1) is 10.6. The van der Waals surface area contributed by atoms with Crippen molar-refractivity contribution >= 4 is 16.9 Å². The molecule has 0 saturated carbocycles. The van der Waals surface area contributed by atoms with Gasteiger partial charge in [-0.15, -0.1) is 0 Å². The zero-order valence-corrected chi connectivity index (χ0v) is 11.8. The molecule has 5 heteroatoms. The Morgan fingerprint density at radius 1 is 1.09 bits per heavy atom. The van der Waals surface area contributed by atoms with Crippen molar-refractivity contribution in [3.05, 3.63) is 69.9 Å². The van der Waals surface area contributed by atoms with E-state index in [4.69, 9.17) is 9.62 Å². The summed E-state index contributed by atoms with van der Waals surface area (Å²) >= 11 is 0. The molecule has 3 aromatic rings. The summed E-state index contributed by atoms with van der Waals surface area (Å²) in [6.07, 6.45) is 0. The molecule has 1 aromatic heterocycles. The van der Waals surface area contributed by atoms with E-state index in [9.17, 15) is 9.59 Å². The van der Waals surface area contributed by atoms with Crippen molar-refractivity contribution in [1.82, 2.24) is 5.48 Å². The number of benzene rings is 2. The summed E-state index contributed by atoms with van der Waals surface area (Å²) in [5.74, 6) is -0.312. The molecule has 0 unspecified atom stereocenters. The lowest BCUT2D eigenvalue weighted by Crippen LogP contribution is -2.19. The predicted molar refractivity (Wildman–Crippen MR) is 81.9 cm³/mol. The van der Waals surface area contributed by atoms with E-state index in [0.717, 1.165) is 5.56 Å². The highest BCUT2D eigenvalue weighted by molar-refractivity contribution is 6.04. The van der Waals surface area contributed by atoms with Crippen LogP contribution in [0, 0.1) is 6.92 Å². The number of carbonyl (C=O) groups excluding carboxylic acids is 1. The van der Waals surface area contributed by atoms with Gasteiger partial charge in [0, 0.05) is 11.1 Å². The molecule has 0 spiro atoms. The molecule has 3 rings (SSSR count). The Labute approximate surface area is 125 Å². The molecule has 1 heterocycles. The number of amides is 1. The summed E-state index contributed by atoms with van der Waals surface area (Å²) in [6.45, 7) is 1.69. The second-order valence-corrected chi connectivity index (χ2v) is 4.87. The normalized spacial score (nSPS) is 10.6. The number of fused-ring (bicyclic) bond motifs is 1. The van der Waals surface area contributed by atoms with Crippen LogP contribution in [-0.2, 0) is 0 Å². The van der Waals surface area contributed by atoms with Gasteiger partial charge in [0.25, 0.3) is 5.91 Å². The van der Waals surface area contributed by atoms with Gasteiger partial charge in [-0.05, 0) is 19.1 Å². The van der Waals surface area contributed by atoms with Crippen molar-refractivity contribution in [2.75, 3.05) is 0 Å². The molecular weight excluding hydrogens is 282 g/mol. The lowest BCUT2D eigenvalue weighted by atomic mass is 10.0. The fraction of sp³-hybridized carbons (Fsp3) is 0.0588. The maximum Gasteiger partial charge on any atom is 0.278 e. The molecule has 0 aliphatic heterocycles. The molecule has 0 bridgehead atoms. The largest absolute Gasteiger partial charge is 0.455 e. The van der Waals surface area contributed by atoms with Gasteiger partial charge in [-0.1, -0.05) is 36.4 Å². The van der Waals surface area contributed by atoms with Crippen LogP contribution >= 0.6 is 0 Å². The zero-order valence-electron chi connectivity index (χ0n) is 11.8. The fourth-order valence-corrected chi connectivity index (χ4v) is 2.41. The zero-order chi connectivity index (χ0) is 15.7. The first-order valence-electron chi connectivity index (χ1n) is 6.69. The van der Waals surface area contributed by atoms with Crippen molar-refractivity contribution in [2.24, 2.45) is 0 Å². The minimum atomic E-state index is -0.725. The SMILES string of the molecule is Cc1c(-c2ccccc2)oc2c(C(=O)NO)cccc2c1=O. The second kappa shape index (κ2) is 5.46. The molecule has 2 N–H and O–H groups in total. The van der Waals surface area contributed by atoms with Crippen molar-refractivity contribution in [2.45, 2.75) is 6.92 Å². The van der Waals surface area contributed by atoms with Gasteiger partial charge in [-0.25, -0.2) is 5.48 Å². The van der Waals surface area contributed by atoms with Gasteiger partial charge in [-0.3, -0.25) is 14.8 Å². The third-order valence-electron chi connectivity index (χ3n) is 3.53. The third kappa shape index (κ3) is 2.17. The second-order valence-electron chi connectivity index (χ2n) is 4.87. The molecule has 2 aromatic carbocycles. The Morgan fingerprint density at radius 2 is 1.82 bits per heavy atom. The van der Waals surface area contributed by atoms with Crippen molar-refractivity contribution in [3.8, 4) is 11.3 Å². The Bertz CT molecular complexity index is 913. The van der Waals surface area contributed by atoms with Gasteiger partial charge in [0.05, 0.1) is 10.9 Å². The highest BCUT2D eigenvalue weighted by Crippen LogP contribution is 2.27. The first-order valence-corrected chi connectivity index (χ1v) is 6.69. The predicted octanol–water partition coefficient (Wildman–Crippen LogP) is 2.89. The highest BCUT2D eigenvalue weighted by Gasteiger charge is 2.17. The lowest BCUT2D eigenvalue weighted by Gasteiger charge is -2.09. The quantitative estimate of drug-likeness (QED) is 0.563. The maximum absolute atomic E-state index is 12.5. The summed E-state index contributed by atoms with van der Waals surface area (Å²) in [7, 11) is 0. The van der Waals surface area contributed by atoms with E-state index in [1.54, 1.807) is 24.5 Å². The topological polar surface area (TPSA) is 79.5 Å². The van der Waals surface area contributed by atoms with Crippen LogP contribution in [0.4, 0.5) is 0 Å². The van der Waals surface area contributed by atoms with Crippen LogP contribution in [-0.4, -0.2) is 11.1 Å². The van der Waals surface area contributed by atoms with Crippen molar-refractivity contribution in [3.63, 3.8) is 0 Å². The Kier molecular flexibility index (Phi) is 3.48. The standard InChI is InChI=1S/C17H13NO4/c1-10-14(19)12-8-5-9-13(17(20)18-21)16(12)22-15(10)11-6-3-2-4-7-11/h2-9,21H,1H3,(H,18,20). The number of rotatable bonds is 2. The molecule has 0 aliphatic rings. The molecule has 0 saturated heterocycles. The molecule has 1 amide bonds. The Morgan fingerprint density at radius 3 is 2.50 bits per heavy atom. The van der Waals surface area contributed by atoms with Crippen molar-refractivity contribution < 1.29 is 14.4 Å². The van der Waals surface area contributed by atoms with E-state index in [0.29, 0.717) is 16.7 Å². The molecule has 22 heavy (non-hydrogen) atoms. The van der Waals surface area contributed by atoms with E-state index in [1.165, 1.54) is 6.07 Å². The molecule has 0 aliphatic carbocycles. The monoisotopic (exact) mass is 295 g/mol. The molecular formula is C17H13NO4. The van der Waals surface area contributed by atoms with E-state index in [1.807, 2.05) is 30.3 Å². The highest BCUT2D eigenvalue weighted by atomic mass is 16.5. The minimum absolute atomic E-state index is 0.106. The Balaban J connectivity index is 2.39. The van der Waals surface area contributed by atoms with Crippen LogP contribution in [0.5, 0.6) is 0 Å². The lowest BCUT2D eigenvalue weighted by molar-refractivity contribution is 0.0707. The minimum Gasteiger partial charge on any atom is -0.455 e. The molecule has 5 nitrogen and oxygen atoms in total. The number of para-hydroxylation sites is 1. The average Bonchev–Trinajstić information content (AvgIpc) is 2.57. The van der Waals surface area contributed by atoms with Gasteiger partial charge in [0.2, 0.25) is 0 Å². The number of hydroxylamine groups is 1. The summed E-state index contributed by atoms with van der Waals surface area (Å²) < 4.78 is 5.84. The number of nitrogens with one attached hydrogen (secondary N) is 1. The maximum atomic E-state index is 12.5. The van der Waals surface area contributed by atoms with Gasteiger partial charge in [-0.2, -0.15) is 0 Å². The van der Waals surface area contributed by atoms with Crippen LogP contribution in [0.1, 0.15) is 15.9 Å². The summed E-state index contributed by atoms with van der Waals surface area (Å²) in [5.41, 5.74) is 2.85. The Hall–Kier alpha value is -2.92. The fourth-order valence-electron chi connectivity index (χ4n) is 2.41. The third-order valence-corrected chi connectivity index (χ3v) is 3.53. The first kappa shape index (κ1) is 14.0.